The number of nitrogens with two attached hydrogens (primary N) is 1. The number of hydrogen-bond donors (Lipinski definition) is 1. The largest absolute Gasteiger partial charge is 0.380 e. The van der Waals surface area contributed by atoms with Crippen molar-refractivity contribution in [1.82, 2.24) is 4.90 Å². The number of aryl methyl sites for hydroxylation is 1. The maximum Gasteiger partial charge on any atom is 0.225 e. The van der Waals surface area contributed by atoms with Gasteiger partial charge in [0.15, 0.2) is 0 Å². The van der Waals surface area contributed by atoms with Crippen molar-refractivity contribution in [2.45, 2.75) is 63.5 Å². The van der Waals surface area contributed by atoms with Crippen LogP contribution >= 0.6 is 12.4 Å². The third-order valence-corrected chi connectivity index (χ3v) is 6.34. The number of benzene rings is 1. The Morgan fingerprint density at radius 2 is 1.85 bits per heavy atom. The van der Waals surface area contributed by atoms with Crippen LogP contribution in [0.4, 0.5) is 0 Å². The zero-order valence-corrected chi connectivity index (χ0v) is 17.3. The first-order valence-corrected chi connectivity index (χ1v) is 10.3. The fourth-order valence-corrected chi connectivity index (χ4v) is 4.59. The molecule has 1 aromatic rings. The van der Waals surface area contributed by atoms with Crippen LogP contribution in [0.15, 0.2) is 30.3 Å². The van der Waals surface area contributed by atoms with Crippen LogP contribution in [0.1, 0.15) is 50.5 Å². The zero-order chi connectivity index (χ0) is 18.4. The first kappa shape index (κ1) is 22.2. The van der Waals surface area contributed by atoms with Gasteiger partial charge in [0.05, 0.1) is 6.10 Å². The van der Waals surface area contributed by atoms with Gasteiger partial charge in [0.1, 0.15) is 0 Å². The number of amides is 1. The molecule has 152 valence electrons. The van der Waals surface area contributed by atoms with Gasteiger partial charge in [0.2, 0.25) is 5.91 Å². The lowest BCUT2D eigenvalue weighted by molar-refractivity contribution is -0.140. The van der Waals surface area contributed by atoms with Crippen LogP contribution in [0.5, 0.6) is 0 Å². The average molecular weight is 395 g/mol. The van der Waals surface area contributed by atoms with E-state index in [1.807, 2.05) is 0 Å². The third kappa shape index (κ3) is 6.20. The number of carbonyl (C=O) groups is 1. The number of ether oxygens (including phenoxy) is 1. The van der Waals surface area contributed by atoms with Crippen molar-refractivity contribution >= 4 is 18.3 Å². The second-order valence-corrected chi connectivity index (χ2v) is 8.09. The van der Waals surface area contributed by atoms with Crippen LogP contribution < -0.4 is 5.73 Å². The molecular weight excluding hydrogens is 360 g/mol. The molecule has 27 heavy (non-hydrogen) atoms. The normalized spacial score (nSPS) is 26.4. The summed E-state index contributed by atoms with van der Waals surface area (Å²) in [6.07, 6.45) is 8.63. The van der Waals surface area contributed by atoms with E-state index in [4.69, 9.17) is 10.5 Å². The highest BCUT2D eigenvalue weighted by atomic mass is 35.5. The zero-order valence-electron chi connectivity index (χ0n) is 16.5. The van der Waals surface area contributed by atoms with Crippen molar-refractivity contribution in [3.63, 3.8) is 0 Å². The topological polar surface area (TPSA) is 55.6 Å². The summed E-state index contributed by atoms with van der Waals surface area (Å²) in [6, 6.07) is 10.8. The fraction of sp³-hybridized carbons (Fsp3) is 0.682. The molecule has 0 spiro atoms. The lowest BCUT2D eigenvalue weighted by atomic mass is 9.82. The van der Waals surface area contributed by atoms with E-state index in [1.54, 1.807) is 7.11 Å². The van der Waals surface area contributed by atoms with Crippen LogP contribution in [0.2, 0.25) is 0 Å². The quantitative estimate of drug-likeness (QED) is 0.798. The molecule has 3 rings (SSSR count). The van der Waals surface area contributed by atoms with Crippen LogP contribution in [0.3, 0.4) is 0 Å². The number of piperidine rings is 1. The Hall–Kier alpha value is -1.10. The molecule has 1 heterocycles. The minimum atomic E-state index is 0. The molecule has 1 saturated heterocycles. The summed E-state index contributed by atoms with van der Waals surface area (Å²) >= 11 is 0. The van der Waals surface area contributed by atoms with E-state index in [1.165, 1.54) is 24.8 Å². The van der Waals surface area contributed by atoms with Crippen molar-refractivity contribution in [3.05, 3.63) is 35.9 Å². The van der Waals surface area contributed by atoms with Crippen molar-refractivity contribution < 1.29 is 9.53 Å². The molecule has 0 unspecified atom stereocenters. The molecular formula is C22H35ClN2O2. The van der Waals surface area contributed by atoms with Crippen LogP contribution in [-0.4, -0.2) is 43.2 Å². The van der Waals surface area contributed by atoms with Crippen molar-refractivity contribution in [1.29, 1.82) is 0 Å². The Morgan fingerprint density at radius 3 is 2.52 bits per heavy atom. The number of carbonyl (C=O) groups excluding carboxylic acids is 1. The highest BCUT2D eigenvalue weighted by Gasteiger charge is 2.35. The average Bonchev–Trinajstić information content (AvgIpc) is 2.69. The summed E-state index contributed by atoms with van der Waals surface area (Å²) in [5, 5.41) is 0. The lowest BCUT2D eigenvalue weighted by Gasteiger charge is -2.38. The summed E-state index contributed by atoms with van der Waals surface area (Å²) in [5.41, 5.74) is 7.52. The predicted octanol–water partition coefficient (Wildman–Crippen LogP) is 3.81. The van der Waals surface area contributed by atoms with Crippen LogP contribution in [0.25, 0.3) is 0 Å². The highest BCUT2D eigenvalue weighted by molar-refractivity contribution is 5.85. The molecule has 1 aliphatic carbocycles. The minimum Gasteiger partial charge on any atom is -0.380 e. The second-order valence-electron chi connectivity index (χ2n) is 8.09. The van der Waals surface area contributed by atoms with E-state index in [-0.39, 0.29) is 30.5 Å². The van der Waals surface area contributed by atoms with Gasteiger partial charge in [-0.1, -0.05) is 30.3 Å². The Bertz CT molecular complexity index is 561. The van der Waals surface area contributed by atoms with Gasteiger partial charge in [-0.05, 0) is 62.8 Å². The summed E-state index contributed by atoms with van der Waals surface area (Å²) in [4.78, 5) is 15.0. The molecule has 2 aliphatic rings. The fourth-order valence-electron chi connectivity index (χ4n) is 4.59. The molecule has 1 saturated carbocycles. The minimum absolute atomic E-state index is 0. The predicted molar refractivity (Wildman–Crippen MR) is 112 cm³/mol. The van der Waals surface area contributed by atoms with E-state index >= 15 is 0 Å². The van der Waals surface area contributed by atoms with Gasteiger partial charge in [-0.15, -0.1) is 12.4 Å². The molecule has 0 radical (unpaired) electrons. The van der Waals surface area contributed by atoms with Gasteiger partial charge in [0, 0.05) is 32.2 Å². The highest BCUT2D eigenvalue weighted by Crippen LogP contribution is 2.29. The van der Waals surface area contributed by atoms with Crippen LogP contribution in [-0.2, 0) is 16.0 Å². The number of halogens is 1. The van der Waals surface area contributed by atoms with E-state index in [9.17, 15) is 4.79 Å². The number of rotatable bonds is 6. The summed E-state index contributed by atoms with van der Waals surface area (Å²) < 4.78 is 5.47. The Kier molecular flexibility index (Phi) is 9.07. The summed E-state index contributed by atoms with van der Waals surface area (Å²) in [7, 11) is 1.71. The molecule has 2 fully saturated rings. The van der Waals surface area contributed by atoms with Crippen LogP contribution in [0, 0.1) is 11.8 Å². The van der Waals surface area contributed by atoms with Gasteiger partial charge in [-0.3, -0.25) is 4.79 Å². The van der Waals surface area contributed by atoms with E-state index in [0.29, 0.717) is 5.91 Å². The monoisotopic (exact) mass is 394 g/mol. The second kappa shape index (κ2) is 11.0. The third-order valence-electron chi connectivity index (χ3n) is 6.34. The molecule has 1 aliphatic heterocycles. The van der Waals surface area contributed by atoms with Crippen molar-refractivity contribution in [2.24, 2.45) is 17.6 Å². The standard InChI is InChI=1S/C22H34N2O2.ClH/c1-26-21-16-19(10-11-20(21)23)22(25)24-14-12-18(13-15-24)9-5-8-17-6-3-2-4-7-17;/h2-4,6-7,18-21H,5,8-16,23H2,1H3;1H/t19-,20+,21+;/m0./s1. The van der Waals surface area contributed by atoms with Crippen molar-refractivity contribution in [2.75, 3.05) is 20.2 Å². The molecule has 0 bridgehead atoms. The van der Waals surface area contributed by atoms with Gasteiger partial charge >= 0.3 is 0 Å². The number of methoxy groups -OCH3 is 1. The molecule has 0 aromatic heterocycles. The maximum absolute atomic E-state index is 12.9. The number of hydrogen-bond acceptors (Lipinski definition) is 3. The van der Waals surface area contributed by atoms with Gasteiger partial charge in [-0.25, -0.2) is 0 Å². The summed E-state index contributed by atoms with van der Waals surface area (Å²) in [6.45, 7) is 1.85. The molecule has 4 nitrogen and oxygen atoms in total. The molecule has 1 aromatic carbocycles. The first-order valence-electron chi connectivity index (χ1n) is 10.3. The van der Waals surface area contributed by atoms with Gasteiger partial charge in [0.25, 0.3) is 0 Å². The van der Waals surface area contributed by atoms with Crippen molar-refractivity contribution in [3.8, 4) is 0 Å². The Labute approximate surface area is 170 Å². The van der Waals surface area contributed by atoms with Gasteiger partial charge in [-0.2, -0.15) is 0 Å². The lowest BCUT2D eigenvalue weighted by Crippen LogP contribution is -2.48. The number of nitrogens with zero attached hydrogens (tertiary/aromatic N) is 1. The maximum atomic E-state index is 12.9. The van der Waals surface area contributed by atoms with E-state index in [0.717, 1.165) is 51.1 Å². The van der Waals surface area contributed by atoms with E-state index in [2.05, 4.69) is 35.2 Å². The first-order chi connectivity index (χ1) is 12.7. The summed E-state index contributed by atoms with van der Waals surface area (Å²) in [5.74, 6) is 1.21. The molecule has 5 heteroatoms. The Morgan fingerprint density at radius 1 is 1.15 bits per heavy atom. The van der Waals surface area contributed by atoms with E-state index < -0.39 is 0 Å². The molecule has 1 amide bonds. The smallest absolute Gasteiger partial charge is 0.225 e. The molecule has 2 N–H and O–H groups in total. The van der Waals surface area contributed by atoms with Gasteiger partial charge < -0.3 is 15.4 Å². The number of likely N-dealkylation sites (tertiary alicyclic amines) is 1. The molecule has 3 atom stereocenters. The Balaban J connectivity index is 0.00000261. The SMILES string of the molecule is CO[C@@H]1C[C@@H](C(=O)N2CCC(CCCc3ccccc3)CC2)CC[C@H]1N.Cl.